The molecule has 0 aromatic rings. The second-order valence-corrected chi connectivity index (χ2v) is 5.57. The predicted octanol–water partition coefficient (Wildman–Crippen LogP) is 1.58. The largest absolute Gasteiger partial charge is 0.394 e. The number of unbranched alkanes of at least 4 members (excludes halogenated alkanes) is 6. The van der Waals surface area contributed by atoms with Crippen molar-refractivity contribution in [3.63, 3.8) is 0 Å². The van der Waals surface area contributed by atoms with Gasteiger partial charge in [0.2, 0.25) is 0 Å². The Morgan fingerprint density at radius 2 is 1.70 bits per heavy atom. The maximum absolute atomic E-state index is 9.65. The molecule has 0 radical (unpaired) electrons. The summed E-state index contributed by atoms with van der Waals surface area (Å²) >= 11 is 0. The van der Waals surface area contributed by atoms with Crippen molar-refractivity contribution in [3.05, 3.63) is 0 Å². The number of aliphatic hydroxyl groups excluding tert-OH is 3. The Morgan fingerprint density at radius 1 is 1.05 bits per heavy atom. The van der Waals surface area contributed by atoms with E-state index in [0.29, 0.717) is 6.61 Å². The minimum Gasteiger partial charge on any atom is -0.394 e. The summed E-state index contributed by atoms with van der Waals surface area (Å²) in [5.41, 5.74) is 0. The monoisotopic (exact) mass is 290 g/mol. The van der Waals surface area contributed by atoms with Gasteiger partial charge in [-0.05, 0) is 6.42 Å². The molecule has 1 rings (SSSR count). The van der Waals surface area contributed by atoms with Crippen LogP contribution >= 0.6 is 0 Å². The number of hydrogen-bond acceptors (Lipinski definition) is 5. The van der Waals surface area contributed by atoms with E-state index in [1.807, 2.05) is 0 Å². The van der Waals surface area contributed by atoms with E-state index in [2.05, 4.69) is 6.92 Å². The summed E-state index contributed by atoms with van der Waals surface area (Å²) in [4.78, 5) is 0. The minimum absolute atomic E-state index is 0.258. The summed E-state index contributed by atoms with van der Waals surface area (Å²) in [7, 11) is 0. The Kier molecular flexibility index (Phi) is 9.39. The zero-order chi connectivity index (χ0) is 14.8. The standard InChI is InChI=1S/C15H30O5/c1-2-3-4-5-6-7-8-9-19-14-10-12(17)15(18)13(11-16)20-14/h12-18H,2-11H2,1H3/t12-,13-,14-,15+/m1/s1. The molecule has 120 valence electrons. The van der Waals surface area contributed by atoms with Crippen LogP contribution in [0.1, 0.15) is 58.3 Å². The van der Waals surface area contributed by atoms with Crippen molar-refractivity contribution in [2.75, 3.05) is 13.2 Å². The van der Waals surface area contributed by atoms with Crippen LogP contribution in [-0.2, 0) is 9.47 Å². The first kappa shape index (κ1) is 17.9. The van der Waals surface area contributed by atoms with Crippen molar-refractivity contribution in [2.24, 2.45) is 0 Å². The van der Waals surface area contributed by atoms with Gasteiger partial charge < -0.3 is 24.8 Å². The number of aliphatic hydroxyl groups is 3. The molecule has 0 bridgehead atoms. The highest BCUT2D eigenvalue weighted by molar-refractivity contribution is 4.82. The highest BCUT2D eigenvalue weighted by atomic mass is 16.7. The molecule has 1 saturated heterocycles. The summed E-state index contributed by atoms with van der Waals surface area (Å²) in [6.45, 7) is 2.50. The Balaban J connectivity index is 2.04. The molecule has 0 spiro atoms. The van der Waals surface area contributed by atoms with Crippen LogP contribution < -0.4 is 0 Å². The van der Waals surface area contributed by atoms with Crippen molar-refractivity contribution in [3.8, 4) is 0 Å². The molecule has 3 N–H and O–H groups in total. The van der Waals surface area contributed by atoms with Gasteiger partial charge in [0.25, 0.3) is 0 Å². The first-order valence-corrected chi connectivity index (χ1v) is 7.93. The molecule has 0 aliphatic carbocycles. The summed E-state index contributed by atoms with van der Waals surface area (Å²) < 4.78 is 11.0. The minimum atomic E-state index is -1.03. The van der Waals surface area contributed by atoms with Crippen molar-refractivity contribution in [1.29, 1.82) is 0 Å². The van der Waals surface area contributed by atoms with Crippen LogP contribution in [0.4, 0.5) is 0 Å². The molecule has 0 aromatic carbocycles. The van der Waals surface area contributed by atoms with Crippen LogP contribution in [0.25, 0.3) is 0 Å². The van der Waals surface area contributed by atoms with Crippen LogP contribution in [0.15, 0.2) is 0 Å². The van der Waals surface area contributed by atoms with E-state index in [1.54, 1.807) is 0 Å². The smallest absolute Gasteiger partial charge is 0.160 e. The molecule has 5 nitrogen and oxygen atoms in total. The van der Waals surface area contributed by atoms with Gasteiger partial charge in [-0.1, -0.05) is 45.4 Å². The van der Waals surface area contributed by atoms with Gasteiger partial charge in [0.1, 0.15) is 12.2 Å². The molecule has 20 heavy (non-hydrogen) atoms. The van der Waals surface area contributed by atoms with Gasteiger partial charge in [-0.2, -0.15) is 0 Å². The predicted molar refractivity (Wildman–Crippen MR) is 76.3 cm³/mol. The van der Waals surface area contributed by atoms with Gasteiger partial charge in [-0.25, -0.2) is 0 Å². The van der Waals surface area contributed by atoms with Gasteiger partial charge in [0.15, 0.2) is 6.29 Å². The van der Waals surface area contributed by atoms with E-state index in [9.17, 15) is 10.2 Å². The van der Waals surface area contributed by atoms with Crippen molar-refractivity contribution < 1.29 is 24.8 Å². The molecular formula is C15H30O5. The quantitative estimate of drug-likeness (QED) is 0.532. The van der Waals surface area contributed by atoms with Gasteiger partial charge in [0.05, 0.1) is 12.7 Å². The molecule has 0 aromatic heterocycles. The second-order valence-electron chi connectivity index (χ2n) is 5.57. The number of ether oxygens (including phenoxy) is 2. The Morgan fingerprint density at radius 3 is 2.35 bits per heavy atom. The van der Waals surface area contributed by atoms with Crippen LogP contribution in [0.2, 0.25) is 0 Å². The van der Waals surface area contributed by atoms with Crippen molar-refractivity contribution in [1.82, 2.24) is 0 Å². The van der Waals surface area contributed by atoms with Gasteiger partial charge >= 0.3 is 0 Å². The lowest BCUT2D eigenvalue weighted by Crippen LogP contribution is -2.50. The molecule has 5 heteroatoms. The maximum Gasteiger partial charge on any atom is 0.160 e. The Hall–Kier alpha value is -0.200. The lowest BCUT2D eigenvalue weighted by Gasteiger charge is -2.36. The Labute approximate surface area is 121 Å². The average Bonchev–Trinajstić information content (AvgIpc) is 2.45. The first-order valence-electron chi connectivity index (χ1n) is 7.93. The van der Waals surface area contributed by atoms with Crippen LogP contribution in [0.3, 0.4) is 0 Å². The third-order valence-electron chi connectivity index (χ3n) is 3.77. The molecule has 1 aliphatic rings. The second kappa shape index (κ2) is 10.5. The molecule has 1 heterocycles. The molecule has 0 unspecified atom stereocenters. The number of rotatable bonds is 10. The fraction of sp³-hybridized carbons (Fsp3) is 1.00. The van der Waals surface area contributed by atoms with Gasteiger partial charge in [-0.15, -0.1) is 0 Å². The van der Waals surface area contributed by atoms with Gasteiger partial charge in [-0.3, -0.25) is 0 Å². The lowest BCUT2D eigenvalue weighted by atomic mass is 10.0. The van der Waals surface area contributed by atoms with E-state index in [-0.39, 0.29) is 13.0 Å². The fourth-order valence-electron chi connectivity index (χ4n) is 2.45. The van der Waals surface area contributed by atoms with Crippen LogP contribution in [0, 0.1) is 0 Å². The van der Waals surface area contributed by atoms with Crippen LogP contribution in [-0.4, -0.2) is 53.1 Å². The van der Waals surface area contributed by atoms with Crippen LogP contribution in [0.5, 0.6) is 0 Å². The molecule has 4 atom stereocenters. The summed E-state index contributed by atoms with van der Waals surface area (Å²) in [5.74, 6) is 0. The third-order valence-corrected chi connectivity index (χ3v) is 3.77. The summed E-state index contributed by atoms with van der Waals surface area (Å²) in [5, 5.41) is 28.3. The normalized spacial score (nSPS) is 30.6. The zero-order valence-electron chi connectivity index (χ0n) is 12.5. The maximum atomic E-state index is 9.65. The van der Waals surface area contributed by atoms with E-state index < -0.39 is 24.6 Å². The molecular weight excluding hydrogens is 260 g/mol. The van der Waals surface area contributed by atoms with E-state index in [0.717, 1.165) is 12.8 Å². The zero-order valence-corrected chi connectivity index (χ0v) is 12.5. The summed E-state index contributed by atoms with van der Waals surface area (Å²) in [6, 6.07) is 0. The van der Waals surface area contributed by atoms with Gasteiger partial charge in [0, 0.05) is 13.0 Å². The average molecular weight is 290 g/mol. The molecule has 1 fully saturated rings. The SMILES string of the molecule is CCCCCCCCCO[C@H]1C[C@@H](O)[C@H](O)[C@@H](CO)O1. The highest BCUT2D eigenvalue weighted by Gasteiger charge is 2.36. The Bertz CT molecular complexity index is 236. The van der Waals surface area contributed by atoms with E-state index in [1.165, 1.54) is 32.1 Å². The lowest BCUT2D eigenvalue weighted by molar-refractivity contribution is -0.256. The van der Waals surface area contributed by atoms with E-state index in [4.69, 9.17) is 14.6 Å². The van der Waals surface area contributed by atoms with Crippen molar-refractivity contribution >= 4 is 0 Å². The summed E-state index contributed by atoms with van der Waals surface area (Å²) in [6.07, 6.45) is 5.60. The van der Waals surface area contributed by atoms with E-state index >= 15 is 0 Å². The topological polar surface area (TPSA) is 79.2 Å². The molecule has 0 amide bonds. The van der Waals surface area contributed by atoms with Crippen molar-refractivity contribution in [2.45, 2.75) is 82.9 Å². The molecule has 1 aliphatic heterocycles. The fourth-order valence-corrected chi connectivity index (χ4v) is 2.45. The molecule has 0 saturated carbocycles. The first-order chi connectivity index (χ1) is 9.69. The third kappa shape index (κ3) is 6.50. The highest BCUT2D eigenvalue weighted by Crippen LogP contribution is 2.21. The number of hydrogen-bond donors (Lipinski definition) is 3.